The molecule has 0 heterocycles. The van der Waals surface area contributed by atoms with Crippen molar-refractivity contribution in [3.63, 3.8) is 0 Å². The Kier molecular flexibility index (Phi) is 21.6. The molecule has 0 saturated heterocycles. The maximum Gasteiger partial charge on any atom is -0.147 e. The van der Waals surface area contributed by atoms with Gasteiger partial charge in [-0.2, -0.15) is 12.2 Å². The summed E-state index contributed by atoms with van der Waals surface area (Å²) in [7, 11) is -2.96. The molecule has 2 aliphatic rings. The summed E-state index contributed by atoms with van der Waals surface area (Å²) in [5.41, 5.74) is 0. The summed E-state index contributed by atoms with van der Waals surface area (Å²) in [6.45, 7) is 18.8. The van der Waals surface area contributed by atoms with E-state index < -0.39 is 16.6 Å². The molecule has 0 aromatic rings. The van der Waals surface area contributed by atoms with Crippen LogP contribution in [0.1, 0.15) is 33.6 Å². The fraction of sp³-hybridized carbons (Fsp3) is 0.591. The summed E-state index contributed by atoms with van der Waals surface area (Å²) in [5, 5.41) is 0. The largest absolute Gasteiger partial charge is 0.147 e. The predicted octanol–water partition coefficient (Wildman–Crippen LogP) is 6.89. The van der Waals surface area contributed by atoms with Crippen molar-refractivity contribution in [1.82, 2.24) is 0 Å². The molecule has 0 saturated carbocycles. The van der Waals surface area contributed by atoms with Crippen LogP contribution in [0.2, 0.25) is 39.3 Å². The summed E-state index contributed by atoms with van der Waals surface area (Å²) >= 11 is 1.51. The quantitative estimate of drug-likeness (QED) is 0.176. The van der Waals surface area contributed by atoms with E-state index in [9.17, 15) is 0 Å². The zero-order chi connectivity index (χ0) is 22.5. The standard InChI is InChI=1S/2C10H17O2Si.C2H4.2ClH.Zr/c2*1-9(12-13(2,3)4)11-10-7-5-6-8-10;1-2;;;/h2*7-9H,5H2,1-4H3;1H,2H3;2*1H;/q2*-1;;;;+2. The van der Waals surface area contributed by atoms with E-state index in [0.29, 0.717) is 0 Å². The molecule has 2 unspecified atom stereocenters. The molecule has 2 rings (SSSR count). The molecule has 9 heteroatoms. The van der Waals surface area contributed by atoms with Gasteiger partial charge in [-0.1, -0.05) is 0 Å². The second-order valence-electron chi connectivity index (χ2n) is 8.44. The van der Waals surface area contributed by atoms with Gasteiger partial charge in [-0.3, -0.25) is 12.2 Å². The normalized spacial score (nSPS) is 16.1. The van der Waals surface area contributed by atoms with Gasteiger partial charge in [0.1, 0.15) is 0 Å². The van der Waals surface area contributed by atoms with Crippen molar-refractivity contribution in [3.8, 4) is 0 Å². The molecular weight excluding hydrogens is 547 g/mol. The Morgan fingerprint density at radius 3 is 1.29 bits per heavy atom. The molecule has 0 N–H and O–H groups in total. The first-order valence-electron chi connectivity index (χ1n) is 10.0. The first-order valence-corrected chi connectivity index (χ1v) is 18.3. The van der Waals surface area contributed by atoms with E-state index in [1.807, 2.05) is 45.1 Å². The van der Waals surface area contributed by atoms with Gasteiger partial charge in [0.25, 0.3) is 0 Å². The second-order valence-corrected chi connectivity index (χ2v) is 18.8. The Morgan fingerprint density at radius 2 is 1.10 bits per heavy atom. The molecule has 0 amide bonds. The van der Waals surface area contributed by atoms with Gasteiger partial charge in [-0.25, -0.2) is 0 Å². The SMILES string of the molecule is CC(OC1=CC[C-]=C1)O[Si](C)(C)C.CC(OC1=CC[C-]=C1)O[Si](C)(C)C.C[CH]=[Zr+2].Cl.Cl. The summed E-state index contributed by atoms with van der Waals surface area (Å²) in [6.07, 6.45) is 15.3. The van der Waals surface area contributed by atoms with Crippen molar-refractivity contribution in [3.05, 3.63) is 48.0 Å². The molecule has 4 nitrogen and oxygen atoms in total. The van der Waals surface area contributed by atoms with E-state index in [1.165, 1.54) is 24.2 Å². The first kappa shape index (κ1) is 35.8. The van der Waals surface area contributed by atoms with Gasteiger partial charge in [0.15, 0.2) is 29.2 Å². The van der Waals surface area contributed by atoms with Gasteiger partial charge in [0, 0.05) is 0 Å². The van der Waals surface area contributed by atoms with Crippen LogP contribution in [-0.2, 0) is 42.6 Å². The van der Waals surface area contributed by atoms with Crippen molar-refractivity contribution >= 4 is 45.2 Å². The van der Waals surface area contributed by atoms with Crippen LogP contribution in [0.15, 0.2) is 35.8 Å². The van der Waals surface area contributed by atoms with E-state index in [2.05, 4.69) is 55.1 Å². The summed E-state index contributed by atoms with van der Waals surface area (Å²) < 4.78 is 24.6. The zero-order valence-electron chi connectivity index (χ0n) is 20.4. The van der Waals surface area contributed by atoms with E-state index in [0.717, 1.165) is 24.4 Å². The Morgan fingerprint density at radius 1 is 0.806 bits per heavy atom. The molecular formula is C22H40Cl2O4Si2Zr. The van der Waals surface area contributed by atoms with Crippen LogP contribution in [0.25, 0.3) is 0 Å². The fourth-order valence-electron chi connectivity index (χ4n) is 2.35. The maximum absolute atomic E-state index is 5.73. The van der Waals surface area contributed by atoms with Crippen molar-refractivity contribution in [2.24, 2.45) is 0 Å². The molecule has 2 atom stereocenters. The monoisotopic (exact) mass is 584 g/mol. The van der Waals surface area contributed by atoms with E-state index in [-0.39, 0.29) is 37.4 Å². The first-order chi connectivity index (χ1) is 13.4. The van der Waals surface area contributed by atoms with E-state index in [4.69, 9.17) is 18.3 Å². The maximum atomic E-state index is 5.73. The molecule has 0 aliphatic heterocycles. The number of halogens is 2. The van der Waals surface area contributed by atoms with Gasteiger partial charge in [0.05, 0.1) is 0 Å². The molecule has 0 aromatic carbocycles. The summed E-state index contributed by atoms with van der Waals surface area (Å²) in [6, 6.07) is 0. The smallest absolute Gasteiger partial charge is 0.147 e. The minimum absolute atomic E-state index is 0. The van der Waals surface area contributed by atoms with Crippen molar-refractivity contribution in [2.75, 3.05) is 0 Å². The fourth-order valence-corrected chi connectivity index (χ4v) is 4.44. The number of rotatable bonds is 8. The summed E-state index contributed by atoms with van der Waals surface area (Å²) in [5.74, 6) is 1.76. The molecule has 31 heavy (non-hydrogen) atoms. The van der Waals surface area contributed by atoms with Crippen LogP contribution in [0.4, 0.5) is 0 Å². The van der Waals surface area contributed by atoms with Gasteiger partial charge >= 0.3 is 34.9 Å². The Labute approximate surface area is 219 Å². The molecule has 2 aliphatic carbocycles. The van der Waals surface area contributed by atoms with Crippen molar-refractivity contribution in [2.45, 2.75) is 85.5 Å². The molecule has 0 spiro atoms. The van der Waals surface area contributed by atoms with Gasteiger partial charge in [0.2, 0.25) is 0 Å². The van der Waals surface area contributed by atoms with Gasteiger partial charge in [-0.05, 0) is 64.6 Å². The summed E-state index contributed by atoms with van der Waals surface area (Å²) in [4.78, 5) is 0. The third-order valence-corrected chi connectivity index (χ3v) is 5.05. The Bertz CT molecular complexity index is 560. The van der Waals surface area contributed by atoms with Crippen LogP contribution >= 0.6 is 24.8 Å². The van der Waals surface area contributed by atoms with E-state index in [1.54, 1.807) is 0 Å². The molecule has 178 valence electrons. The average molecular weight is 587 g/mol. The number of ether oxygens (including phenoxy) is 2. The van der Waals surface area contributed by atoms with Gasteiger partial charge < -0.3 is 18.3 Å². The Balaban J connectivity index is -0.000000424. The van der Waals surface area contributed by atoms with Crippen LogP contribution < -0.4 is 0 Å². The third-order valence-electron chi connectivity index (χ3n) is 2.97. The number of hydrogen-bond donors (Lipinski definition) is 0. The predicted molar refractivity (Wildman–Crippen MR) is 137 cm³/mol. The zero-order valence-corrected chi connectivity index (χ0v) is 26.5. The van der Waals surface area contributed by atoms with Crippen molar-refractivity contribution < 1.29 is 42.6 Å². The van der Waals surface area contributed by atoms with Crippen LogP contribution in [-0.4, -0.2) is 32.9 Å². The van der Waals surface area contributed by atoms with Crippen molar-refractivity contribution in [1.29, 1.82) is 0 Å². The molecule has 0 aromatic heterocycles. The average Bonchev–Trinajstić information content (AvgIpc) is 3.18. The van der Waals surface area contributed by atoms with Crippen LogP contribution in [0.5, 0.6) is 0 Å². The van der Waals surface area contributed by atoms with E-state index >= 15 is 0 Å². The molecule has 0 bridgehead atoms. The number of hydrogen-bond acceptors (Lipinski definition) is 4. The topological polar surface area (TPSA) is 36.9 Å². The second kappa shape index (κ2) is 18.6. The minimum atomic E-state index is -1.48. The van der Waals surface area contributed by atoms with Crippen LogP contribution in [0.3, 0.4) is 0 Å². The molecule has 0 fully saturated rings. The van der Waals surface area contributed by atoms with Crippen LogP contribution in [0, 0.1) is 12.2 Å². The Hall–Kier alpha value is 0.247. The minimum Gasteiger partial charge on any atom is -0.147 e. The molecule has 0 radical (unpaired) electrons. The third kappa shape index (κ3) is 23.2. The van der Waals surface area contributed by atoms with Gasteiger partial charge in [-0.15, -0.1) is 49.8 Å². The number of allylic oxidation sites excluding steroid dienone is 6.